The highest BCUT2D eigenvalue weighted by molar-refractivity contribution is 5.97. The lowest BCUT2D eigenvalue weighted by Crippen LogP contribution is -2.62. The molecule has 6 amide bonds. The van der Waals surface area contributed by atoms with Gasteiger partial charge in [0.05, 0.1) is 18.2 Å². The van der Waals surface area contributed by atoms with Gasteiger partial charge in [-0.25, -0.2) is 4.79 Å². The Balaban J connectivity index is 3.26. The zero-order valence-electron chi connectivity index (χ0n) is 30.5. The molecule has 0 radical (unpaired) electrons. The van der Waals surface area contributed by atoms with Gasteiger partial charge in [0.2, 0.25) is 35.4 Å². The Morgan fingerprint density at radius 1 is 0.537 bits per heavy atom. The minimum absolute atomic E-state index is 0.00953. The van der Waals surface area contributed by atoms with Gasteiger partial charge in [0.15, 0.2) is 6.04 Å². The number of carboxylic acids is 1. The number of nitrogens with two attached hydrogens (primary N) is 5. The minimum atomic E-state index is -1.69. The molecule has 0 aliphatic heterocycles. The van der Waals surface area contributed by atoms with Gasteiger partial charge in [-0.3, -0.25) is 28.8 Å². The van der Waals surface area contributed by atoms with Crippen molar-refractivity contribution in [3.05, 3.63) is 35.9 Å². The molecular formula is C33H57N11O10. The maximum Gasteiger partial charge on any atom is 0.328 e. The van der Waals surface area contributed by atoms with Gasteiger partial charge in [0, 0.05) is 6.42 Å². The Kier molecular flexibility index (Phi) is 21.5. The number of carboxylic acid groups (broad SMARTS) is 1. The Labute approximate surface area is 313 Å². The van der Waals surface area contributed by atoms with Crippen LogP contribution in [0.15, 0.2) is 30.3 Å². The molecule has 9 atom stereocenters. The zero-order chi connectivity index (χ0) is 41.0. The first-order valence-corrected chi connectivity index (χ1v) is 17.5. The van der Waals surface area contributed by atoms with Crippen LogP contribution in [0, 0.1) is 0 Å². The van der Waals surface area contributed by atoms with E-state index in [1.54, 1.807) is 30.3 Å². The maximum atomic E-state index is 13.7. The third-order valence-electron chi connectivity index (χ3n) is 8.10. The van der Waals surface area contributed by atoms with E-state index in [4.69, 9.17) is 28.7 Å². The fraction of sp³-hybridized carbons (Fsp3) is 0.606. The van der Waals surface area contributed by atoms with Crippen LogP contribution in [0.5, 0.6) is 0 Å². The molecule has 0 heterocycles. The van der Waals surface area contributed by atoms with Gasteiger partial charge in [-0.05, 0) is 71.3 Å². The average Bonchev–Trinajstić information content (AvgIpc) is 3.11. The molecule has 0 spiro atoms. The van der Waals surface area contributed by atoms with E-state index < -0.39 is 95.9 Å². The van der Waals surface area contributed by atoms with Crippen LogP contribution in [0.1, 0.15) is 45.1 Å². The molecule has 0 unspecified atom stereocenters. The van der Waals surface area contributed by atoms with E-state index in [1.165, 1.54) is 6.92 Å². The molecule has 0 fully saturated rings. The highest BCUT2D eigenvalue weighted by atomic mass is 16.4. The van der Waals surface area contributed by atoms with E-state index in [0.717, 1.165) is 6.92 Å². The zero-order valence-corrected chi connectivity index (χ0v) is 30.5. The molecule has 21 nitrogen and oxygen atoms in total. The second-order valence-corrected chi connectivity index (χ2v) is 12.6. The third-order valence-corrected chi connectivity index (χ3v) is 8.10. The molecule has 19 N–H and O–H groups in total. The van der Waals surface area contributed by atoms with Crippen molar-refractivity contribution in [1.82, 2.24) is 31.9 Å². The van der Waals surface area contributed by atoms with Gasteiger partial charge in [0.25, 0.3) is 0 Å². The van der Waals surface area contributed by atoms with Crippen molar-refractivity contribution in [1.29, 1.82) is 0 Å². The van der Waals surface area contributed by atoms with Crippen LogP contribution in [0.25, 0.3) is 0 Å². The summed E-state index contributed by atoms with van der Waals surface area (Å²) in [6.07, 6.45) is -3.27. The van der Waals surface area contributed by atoms with E-state index >= 15 is 0 Å². The minimum Gasteiger partial charge on any atom is -0.480 e. The van der Waals surface area contributed by atoms with Crippen molar-refractivity contribution in [2.75, 3.05) is 26.2 Å². The number of hydrogen-bond donors (Lipinski definition) is 14. The maximum absolute atomic E-state index is 13.7. The molecule has 0 aliphatic carbocycles. The summed E-state index contributed by atoms with van der Waals surface area (Å²) in [6, 6.07) is -1.15. The fourth-order valence-corrected chi connectivity index (χ4v) is 5.06. The van der Waals surface area contributed by atoms with Crippen LogP contribution >= 0.6 is 0 Å². The summed E-state index contributed by atoms with van der Waals surface area (Å²) in [5, 5.41) is 44.1. The highest BCUT2D eigenvalue weighted by Gasteiger charge is 2.35. The first-order chi connectivity index (χ1) is 25.5. The lowest BCUT2D eigenvalue weighted by molar-refractivity contribution is -0.145. The van der Waals surface area contributed by atoms with Gasteiger partial charge in [0.1, 0.15) is 30.2 Å². The second kappa shape index (κ2) is 24.5. The SMILES string of the molecule is C[C@@H](O)[C@H](NC(=O)[C@H](CCN)NC(=O)[C@H](CCN)NC(=O)[C@@H](NC(=O)[C@H](Cc1ccccc1)NC(=O)[C@H](CCN)NC(=O)[C@@H](N)CCN)[C@@H](C)O)C(=O)O. The summed E-state index contributed by atoms with van der Waals surface area (Å²) in [7, 11) is 0. The summed E-state index contributed by atoms with van der Waals surface area (Å²) in [4.78, 5) is 90.9. The predicted molar refractivity (Wildman–Crippen MR) is 195 cm³/mol. The Bertz CT molecular complexity index is 1390. The molecule has 304 valence electrons. The van der Waals surface area contributed by atoms with Crippen molar-refractivity contribution in [2.24, 2.45) is 28.7 Å². The Morgan fingerprint density at radius 3 is 1.33 bits per heavy atom. The van der Waals surface area contributed by atoms with Crippen LogP contribution in [0.4, 0.5) is 0 Å². The van der Waals surface area contributed by atoms with Gasteiger partial charge in [-0.15, -0.1) is 0 Å². The Morgan fingerprint density at radius 2 is 0.907 bits per heavy atom. The first-order valence-electron chi connectivity index (χ1n) is 17.5. The summed E-state index contributed by atoms with van der Waals surface area (Å²) >= 11 is 0. The van der Waals surface area contributed by atoms with Gasteiger partial charge < -0.3 is 75.9 Å². The number of nitrogens with one attached hydrogen (secondary N) is 6. The van der Waals surface area contributed by atoms with Gasteiger partial charge in [-0.1, -0.05) is 30.3 Å². The molecule has 0 saturated heterocycles. The number of carbonyl (C=O) groups is 7. The standard InChI is InChI=1S/C33H57N11O10/c1-17(45)25(32(52)41-22(10-14-36)28(48)40-23(11-15-37)30(50)44-26(18(2)46)33(53)54)43-31(51)24(16-19-6-4-3-5-7-19)42-29(49)21(9-13-35)39-27(47)20(38)8-12-34/h3-7,17-18,20-26,45-46H,8-16,34-38H2,1-2H3,(H,39,47)(H,40,48)(H,41,52)(H,42,49)(H,43,51)(H,44,50)(H,53,54)/t17-,18-,20+,21+,22+,23+,24+,25+,26+/m1/s1. The van der Waals surface area contributed by atoms with E-state index in [9.17, 15) is 48.9 Å². The number of carbonyl (C=O) groups excluding carboxylic acids is 6. The smallest absolute Gasteiger partial charge is 0.328 e. The molecule has 0 bridgehead atoms. The number of aliphatic carboxylic acids is 1. The van der Waals surface area contributed by atoms with E-state index in [0.29, 0.717) is 5.56 Å². The molecular weight excluding hydrogens is 710 g/mol. The molecule has 54 heavy (non-hydrogen) atoms. The number of amides is 6. The van der Waals surface area contributed by atoms with E-state index in [2.05, 4.69) is 31.9 Å². The Hall–Kier alpha value is -4.77. The van der Waals surface area contributed by atoms with Crippen LogP contribution in [0.2, 0.25) is 0 Å². The normalized spacial score (nSPS) is 16.1. The molecule has 1 aromatic rings. The molecule has 1 aromatic carbocycles. The van der Waals surface area contributed by atoms with Crippen molar-refractivity contribution in [3.8, 4) is 0 Å². The number of hydrogen-bond acceptors (Lipinski definition) is 14. The summed E-state index contributed by atoms with van der Waals surface area (Å²) in [6.45, 7) is 2.22. The third kappa shape index (κ3) is 16.1. The number of aliphatic hydroxyl groups excluding tert-OH is 2. The number of benzene rings is 1. The largest absolute Gasteiger partial charge is 0.480 e. The summed E-state index contributed by atoms with van der Waals surface area (Å²) < 4.78 is 0. The lowest BCUT2D eigenvalue weighted by Gasteiger charge is -2.28. The van der Waals surface area contributed by atoms with Crippen LogP contribution in [-0.2, 0) is 40.0 Å². The van der Waals surface area contributed by atoms with Crippen molar-refractivity contribution in [2.45, 2.75) is 100 Å². The van der Waals surface area contributed by atoms with E-state index in [-0.39, 0.29) is 58.3 Å². The first kappa shape index (κ1) is 47.3. The number of aliphatic hydroxyl groups is 2. The predicted octanol–water partition coefficient (Wildman–Crippen LogP) is -6.29. The van der Waals surface area contributed by atoms with Crippen molar-refractivity contribution < 1.29 is 48.9 Å². The highest BCUT2D eigenvalue weighted by Crippen LogP contribution is 2.07. The van der Waals surface area contributed by atoms with Crippen molar-refractivity contribution in [3.63, 3.8) is 0 Å². The number of rotatable bonds is 25. The van der Waals surface area contributed by atoms with Crippen molar-refractivity contribution >= 4 is 41.4 Å². The van der Waals surface area contributed by atoms with E-state index in [1.807, 2.05) is 0 Å². The summed E-state index contributed by atoms with van der Waals surface area (Å²) in [5.74, 6) is -6.77. The summed E-state index contributed by atoms with van der Waals surface area (Å²) in [5.41, 5.74) is 28.9. The van der Waals surface area contributed by atoms with Crippen LogP contribution in [0.3, 0.4) is 0 Å². The molecule has 1 rings (SSSR count). The molecule has 21 heteroatoms. The monoisotopic (exact) mass is 767 g/mol. The second-order valence-electron chi connectivity index (χ2n) is 12.6. The average molecular weight is 768 g/mol. The van der Waals surface area contributed by atoms with Gasteiger partial charge in [-0.2, -0.15) is 0 Å². The molecule has 0 aliphatic rings. The quantitative estimate of drug-likeness (QED) is 0.0440. The fourth-order valence-electron chi connectivity index (χ4n) is 5.06. The van der Waals surface area contributed by atoms with Gasteiger partial charge >= 0.3 is 5.97 Å². The lowest BCUT2D eigenvalue weighted by atomic mass is 10.0. The van der Waals surface area contributed by atoms with Crippen LogP contribution < -0.4 is 60.6 Å². The molecule has 0 saturated carbocycles. The molecule has 0 aromatic heterocycles. The topological polar surface area (TPSA) is 382 Å². The van der Waals surface area contributed by atoms with Crippen LogP contribution in [-0.4, -0.2) is 137 Å².